The zero-order valence-electron chi connectivity index (χ0n) is 12.1. The van der Waals surface area contributed by atoms with Crippen molar-refractivity contribution < 1.29 is 4.79 Å². The van der Waals surface area contributed by atoms with Crippen LogP contribution >= 0.6 is 0 Å². The molecule has 0 spiro atoms. The Bertz CT molecular complexity index is 574. The standard InChI is InChI=1S/C15H20N4O/c1-4-16-11(2)12-5-7-14(8-6-12)18-15(20)13-9-17-19(3)10-13/h5-11,16H,4H2,1-3H3,(H,18,20). The lowest BCUT2D eigenvalue weighted by Crippen LogP contribution is -2.17. The summed E-state index contributed by atoms with van der Waals surface area (Å²) in [5.41, 5.74) is 2.54. The maximum atomic E-state index is 12.0. The smallest absolute Gasteiger partial charge is 0.258 e. The van der Waals surface area contributed by atoms with Crippen LogP contribution < -0.4 is 10.6 Å². The van der Waals surface area contributed by atoms with Gasteiger partial charge in [0, 0.05) is 25.0 Å². The molecule has 0 bridgehead atoms. The SMILES string of the molecule is CCNC(C)c1ccc(NC(=O)c2cnn(C)c2)cc1. The molecule has 5 heteroatoms. The van der Waals surface area contributed by atoms with Gasteiger partial charge in [0.15, 0.2) is 0 Å². The van der Waals surface area contributed by atoms with Gasteiger partial charge in [-0.2, -0.15) is 5.10 Å². The van der Waals surface area contributed by atoms with Crippen molar-refractivity contribution in [3.63, 3.8) is 0 Å². The number of aryl methyl sites for hydroxylation is 1. The molecule has 5 nitrogen and oxygen atoms in total. The largest absolute Gasteiger partial charge is 0.322 e. The summed E-state index contributed by atoms with van der Waals surface area (Å²) >= 11 is 0. The van der Waals surface area contributed by atoms with Crippen molar-refractivity contribution in [3.8, 4) is 0 Å². The summed E-state index contributed by atoms with van der Waals surface area (Å²) in [6.45, 7) is 5.13. The van der Waals surface area contributed by atoms with Crippen molar-refractivity contribution >= 4 is 11.6 Å². The Balaban J connectivity index is 2.02. The molecular weight excluding hydrogens is 252 g/mol. The molecule has 1 aromatic heterocycles. The third-order valence-electron chi connectivity index (χ3n) is 3.15. The second kappa shape index (κ2) is 6.34. The Morgan fingerprint density at radius 2 is 2.05 bits per heavy atom. The predicted octanol–water partition coefficient (Wildman–Crippen LogP) is 2.34. The van der Waals surface area contributed by atoms with Crippen LogP contribution in [0.2, 0.25) is 0 Å². The number of rotatable bonds is 5. The van der Waals surface area contributed by atoms with Crippen LogP contribution in [0.3, 0.4) is 0 Å². The number of aromatic nitrogens is 2. The van der Waals surface area contributed by atoms with Gasteiger partial charge in [-0.1, -0.05) is 19.1 Å². The third-order valence-corrected chi connectivity index (χ3v) is 3.15. The molecular formula is C15H20N4O. The number of nitrogens with one attached hydrogen (secondary N) is 2. The van der Waals surface area contributed by atoms with E-state index in [1.807, 2.05) is 24.3 Å². The van der Waals surface area contributed by atoms with E-state index in [1.165, 1.54) is 5.56 Å². The highest BCUT2D eigenvalue weighted by atomic mass is 16.1. The molecule has 2 aromatic rings. The van der Waals surface area contributed by atoms with Gasteiger partial charge in [0.25, 0.3) is 5.91 Å². The topological polar surface area (TPSA) is 58.9 Å². The normalized spacial score (nSPS) is 12.2. The van der Waals surface area contributed by atoms with Crippen LogP contribution in [-0.2, 0) is 7.05 Å². The minimum absolute atomic E-state index is 0.148. The minimum atomic E-state index is -0.148. The Kier molecular flexibility index (Phi) is 4.53. The molecule has 0 saturated heterocycles. The van der Waals surface area contributed by atoms with E-state index in [0.717, 1.165) is 12.2 Å². The molecule has 1 heterocycles. The molecule has 0 fully saturated rings. The number of benzene rings is 1. The van der Waals surface area contributed by atoms with E-state index in [1.54, 1.807) is 24.1 Å². The van der Waals surface area contributed by atoms with Crippen LogP contribution in [-0.4, -0.2) is 22.2 Å². The lowest BCUT2D eigenvalue weighted by Gasteiger charge is -2.13. The first kappa shape index (κ1) is 14.3. The molecule has 0 radical (unpaired) electrons. The lowest BCUT2D eigenvalue weighted by atomic mass is 10.1. The van der Waals surface area contributed by atoms with Crippen LogP contribution in [0.1, 0.15) is 35.8 Å². The fourth-order valence-electron chi connectivity index (χ4n) is 2.02. The minimum Gasteiger partial charge on any atom is -0.322 e. The van der Waals surface area contributed by atoms with Crippen molar-refractivity contribution in [2.75, 3.05) is 11.9 Å². The van der Waals surface area contributed by atoms with Crippen LogP contribution in [0, 0.1) is 0 Å². The molecule has 0 aliphatic carbocycles. The molecule has 1 aromatic carbocycles. The van der Waals surface area contributed by atoms with Gasteiger partial charge in [-0.25, -0.2) is 0 Å². The lowest BCUT2D eigenvalue weighted by molar-refractivity contribution is 0.102. The highest BCUT2D eigenvalue weighted by Gasteiger charge is 2.08. The molecule has 2 rings (SSSR count). The maximum absolute atomic E-state index is 12.0. The van der Waals surface area contributed by atoms with Gasteiger partial charge >= 0.3 is 0 Å². The number of nitrogens with zero attached hydrogens (tertiary/aromatic N) is 2. The first-order chi connectivity index (χ1) is 9.60. The number of carbonyl (C=O) groups is 1. The second-order valence-corrected chi connectivity index (χ2v) is 4.76. The Labute approximate surface area is 119 Å². The van der Waals surface area contributed by atoms with Gasteiger partial charge in [0.1, 0.15) is 0 Å². The zero-order chi connectivity index (χ0) is 14.5. The molecule has 2 N–H and O–H groups in total. The molecule has 0 aliphatic rings. The van der Waals surface area contributed by atoms with E-state index in [-0.39, 0.29) is 5.91 Å². The molecule has 1 unspecified atom stereocenters. The third kappa shape index (κ3) is 3.45. The first-order valence-corrected chi connectivity index (χ1v) is 6.73. The van der Waals surface area contributed by atoms with Gasteiger partial charge in [-0.05, 0) is 31.2 Å². The van der Waals surface area contributed by atoms with E-state index in [9.17, 15) is 4.79 Å². The monoisotopic (exact) mass is 272 g/mol. The van der Waals surface area contributed by atoms with E-state index in [2.05, 4.69) is 29.6 Å². The summed E-state index contributed by atoms with van der Waals surface area (Å²) in [4.78, 5) is 12.0. The second-order valence-electron chi connectivity index (χ2n) is 4.76. The summed E-state index contributed by atoms with van der Waals surface area (Å²) < 4.78 is 1.61. The van der Waals surface area contributed by atoms with Crippen LogP contribution in [0.4, 0.5) is 5.69 Å². The van der Waals surface area contributed by atoms with Gasteiger partial charge in [-0.3, -0.25) is 9.48 Å². The van der Waals surface area contributed by atoms with Crippen molar-refractivity contribution in [3.05, 3.63) is 47.8 Å². The van der Waals surface area contributed by atoms with Crippen LogP contribution in [0.15, 0.2) is 36.7 Å². The zero-order valence-corrected chi connectivity index (χ0v) is 12.1. The molecule has 1 amide bonds. The summed E-state index contributed by atoms with van der Waals surface area (Å²) in [7, 11) is 1.79. The highest BCUT2D eigenvalue weighted by molar-refractivity contribution is 6.03. The van der Waals surface area contributed by atoms with Crippen LogP contribution in [0.5, 0.6) is 0 Å². The fraction of sp³-hybridized carbons (Fsp3) is 0.333. The molecule has 0 aliphatic heterocycles. The van der Waals surface area contributed by atoms with E-state index < -0.39 is 0 Å². The number of hydrogen-bond donors (Lipinski definition) is 2. The number of carbonyl (C=O) groups excluding carboxylic acids is 1. The van der Waals surface area contributed by atoms with E-state index in [0.29, 0.717) is 11.6 Å². The molecule has 0 saturated carbocycles. The highest BCUT2D eigenvalue weighted by Crippen LogP contribution is 2.16. The van der Waals surface area contributed by atoms with Crippen molar-refractivity contribution in [2.45, 2.75) is 19.9 Å². The Morgan fingerprint density at radius 3 is 2.60 bits per heavy atom. The fourth-order valence-corrected chi connectivity index (χ4v) is 2.02. The average Bonchev–Trinajstić information content (AvgIpc) is 2.86. The molecule has 106 valence electrons. The van der Waals surface area contributed by atoms with Gasteiger partial charge in [0.2, 0.25) is 0 Å². The van der Waals surface area contributed by atoms with Gasteiger partial charge in [0.05, 0.1) is 11.8 Å². The molecule has 1 atom stereocenters. The predicted molar refractivity (Wildman–Crippen MR) is 79.7 cm³/mol. The number of hydrogen-bond acceptors (Lipinski definition) is 3. The van der Waals surface area contributed by atoms with Crippen LogP contribution in [0.25, 0.3) is 0 Å². The summed E-state index contributed by atoms with van der Waals surface area (Å²) in [6, 6.07) is 8.18. The van der Waals surface area contributed by atoms with Crippen molar-refractivity contribution in [1.82, 2.24) is 15.1 Å². The van der Waals surface area contributed by atoms with E-state index >= 15 is 0 Å². The van der Waals surface area contributed by atoms with Crippen molar-refractivity contribution in [1.29, 1.82) is 0 Å². The maximum Gasteiger partial charge on any atom is 0.258 e. The Morgan fingerprint density at radius 1 is 1.35 bits per heavy atom. The molecule has 20 heavy (non-hydrogen) atoms. The summed E-state index contributed by atoms with van der Waals surface area (Å²) in [5.74, 6) is -0.148. The average molecular weight is 272 g/mol. The van der Waals surface area contributed by atoms with Crippen molar-refractivity contribution in [2.24, 2.45) is 7.05 Å². The number of amides is 1. The van der Waals surface area contributed by atoms with E-state index in [4.69, 9.17) is 0 Å². The van der Waals surface area contributed by atoms with Gasteiger partial charge in [-0.15, -0.1) is 0 Å². The first-order valence-electron chi connectivity index (χ1n) is 6.73. The number of anilines is 1. The summed E-state index contributed by atoms with van der Waals surface area (Å²) in [5, 5.41) is 10.2. The summed E-state index contributed by atoms with van der Waals surface area (Å²) in [6.07, 6.45) is 3.24. The van der Waals surface area contributed by atoms with Gasteiger partial charge < -0.3 is 10.6 Å². The quantitative estimate of drug-likeness (QED) is 0.878. The Hall–Kier alpha value is -2.14.